The maximum atomic E-state index is 11.9. The predicted octanol–water partition coefficient (Wildman–Crippen LogP) is 4.03. The molecule has 0 fully saturated rings. The van der Waals surface area contributed by atoms with Crippen LogP contribution in [0.4, 0.5) is 0 Å². The first-order valence-corrected chi connectivity index (χ1v) is 9.33. The van der Waals surface area contributed by atoms with Crippen LogP contribution < -0.4 is 9.47 Å². The zero-order valence-electron chi connectivity index (χ0n) is 13.8. The van der Waals surface area contributed by atoms with E-state index in [0.717, 1.165) is 15.8 Å². The molecule has 1 aliphatic heterocycles. The van der Waals surface area contributed by atoms with Gasteiger partial charge in [-0.1, -0.05) is 12.1 Å². The van der Waals surface area contributed by atoms with Crippen LogP contribution in [0.15, 0.2) is 34.1 Å². The van der Waals surface area contributed by atoms with E-state index in [0.29, 0.717) is 16.4 Å². The Balaban J connectivity index is 1.52. The smallest absolute Gasteiger partial charge is 0.344 e. The summed E-state index contributed by atoms with van der Waals surface area (Å²) < 4.78 is 17.3. The Morgan fingerprint density at radius 1 is 1.24 bits per heavy atom. The second-order valence-electron chi connectivity index (χ2n) is 6.26. The van der Waals surface area contributed by atoms with Crippen molar-refractivity contribution in [1.29, 1.82) is 0 Å². The first-order valence-electron chi connectivity index (χ1n) is 7.72. The lowest BCUT2D eigenvalue weighted by molar-refractivity contribution is -0.144. The van der Waals surface area contributed by atoms with Crippen LogP contribution in [0.1, 0.15) is 29.1 Å². The maximum absolute atomic E-state index is 11.9. The Bertz CT molecular complexity index is 812. The van der Waals surface area contributed by atoms with Crippen LogP contribution in [0.25, 0.3) is 0 Å². The number of rotatable bonds is 6. The van der Waals surface area contributed by atoms with Crippen molar-refractivity contribution in [3.63, 3.8) is 0 Å². The molecule has 3 rings (SSSR count). The molecule has 0 bridgehead atoms. The van der Waals surface area contributed by atoms with Gasteiger partial charge in [-0.2, -0.15) is 0 Å². The molecule has 0 saturated carbocycles. The minimum Gasteiger partial charge on any atom is -0.483 e. The third-order valence-corrected chi connectivity index (χ3v) is 5.28. The van der Waals surface area contributed by atoms with Crippen molar-refractivity contribution < 1.29 is 23.8 Å². The predicted molar refractivity (Wildman–Crippen MR) is 97.7 cm³/mol. The van der Waals surface area contributed by atoms with E-state index in [1.54, 1.807) is 18.2 Å². The molecule has 7 heteroatoms. The molecule has 0 saturated heterocycles. The molecule has 0 N–H and O–H groups in total. The number of Topliss-reactive ketones (excluding diaryl/α,β-unsaturated/α-hetero) is 1. The number of para-hydroxylation sites is 1. The molecule has 0 spiro atoms. The lowest BCUT2D eigenvalue weighted by atomic mass is 10.0. The van der Waals surface area contributed by atoms with E-state index in [2.05, 4.69) is 15.9 Å². The highest BCUT2D eigenvalue weighted by Crippen LogP contribution is 2.41. The van der Waals surface area contributed by atoms with Crippen LogP contribution in [0, 0.1) is 0 Å². The highest BCUT2D eigenvalue weighted by atomic mass is 79.9. The van der Waals surface area contributed by atoms with Crippen LogP contribution in [0.2, 0.25) is 0 Å². The molecule has 25 heavy (non-hydrogen) atoms. The molecule has 0 aliphatic carbocycles. The van der Waals surface area contributed by atoms with Gasteiger partial charge >= 0.3 is 5.97 Å². The molecule has 5 nitrogen and oxygen atoms in total. The fraction of sp³-hybridized carbons (Fsp3) is 0.333. The third-order valence-electron chi connectivity index (χ3n) is 3.61. The van der Waals surface area contributed by atoms with E-state index < -0.39 is 5.97 Å². The summed E-state index contributed by atoms with van der Waals surface area (Å²) in [6.07, 6.45) is 0.787. The molecular weight excluding hydrogens is 408 g/mol. The van der Waals surface area contributed by atoms with Gasteiger partial charge in [0.15, 0.2) is 24.7 Å². The number of esters is 1. The van der Waals surface area contributed by atoms with Gasteiger partial charge in [-0.05, 0) is 48.0 Å². The fourth-order valence-electron chi connectivity index (χ4n) is 2.56. The van der Waals surface area contributed by atoms with Gasteiger partial charge in [0, 0.05) is 12.0 Å². The summed E-state index contributed by atoms with van der Waals surface area (Å²) in [5, 5.41) is 0. The lowest BCUT2D eigenvalue weighted by Crippen LogP contribution is -2.25. The first kappa shape index (κ1) is 17.9. The molecule has 2 heterocycles. The minimum atomic E-state index is -0.598. The van der Waals surface area contributed by atoms with Crippen molar-refractivity contribution in [1.82, 2.24) is 0 Å². The molecule has 0 radical (unpaired) electrons. The van der Waals surface area contributed by atoms with Gasteiger partial charge < -0.3 is 14.2 Å². The summed E-state index contributed by atoms with van der Waals surface area (Å²) in [6, 6.07) is 9.06. The Morgan fingerprint density at radius 2 is 2.04 bits per heavy atom. The van der Waals surface area contributed by atoms with Gasteiger partial charge in [0.25, 0.3) is 0 Å². The zero-order valence-corrected chi connectivity index (χ0v) is 16.2. The number of halogens is 1. The Labute approximate surface area is 158 Å². The van der Waals surface area contributed by atoms with E-state index in [4.69, 9.17) is 14.2 Å². The van der Waals surface area contributed by atoms with Crippen LogP contribution in [0.5, 0.6) is 11.5 Å². The normalized spacial score (nSPS) is 14.5. The average Bonchev–Trinajstić information content (AvgIpc) is 3.12. The number of carbonyl (C=O) groups excluding carboxylic acids is 2. The minimum absolute atomic E-state index is 0.241. The Kier molecular flexibility index (Phi) is 5.15. The average molecular weight is 425 g/mol. The van der Waals surface area contributed by atoms with Gasteiger partial charge in [0.1, 0.15) is 5.60 Å². The summed E-state index contributed by atoms with van der Waals surface area (Å²) in [4.78, 5) is 24.3. The molecular formula is C18H17BrO5S. The molecule has 0 atom stereocenters. The molecule has 1 aromatic heterocycles. The standard InChI is InChI=1S/C18H17BrO5S/c1-18(2)8-11-4-3-5-13(17(11)24-18)22-10-16(21)23-9-12(20)14-6-7-15(19)25-14/h3-7H,8-10H2,1-2H3. The fourth-order valence-corrected chi connectivity index (χ4v) is 3.87. The first-order chi connectivity index (χ1) is 11.8. The van der Waals surface area contributed by atoms with Crippen LogP contribution in [-0.2, 0) is 16.0 Å². The molecule has 1 aromatic carbocycles. The summed E-state index contributed by atoms with van der Waals surface area (Å²) in [5.41, 5.74) is 0.762. The molecule has 0 amide bonds. The van der Waals surface area contributed by atoms with E-state index in [9.17, 15) is 9.59 Å². The molecule has 0 unspecified atom stereocenters. The number of hydrogen-bond donors (Lipinski definition) is 0. The summed E-state index contributed by atoms with van der Waals surface area (Å²) >= 11 is 4.59. The maximum Gasteiger partial charge on any atom is 0.344 e. The molecule has 132 valence electrons. The monoisotopic (exact) mass is 424 g/mol. The van der Waals surface area contributed by atoms with Crippen molar-refractivity contribution >= 4 is 39.0 Å². The topological polar surface area (TPSA) is 61.8 Å². The zero-order chi connectivity index (χ0) is 18.0. The highest BCUT2D eigenvalue weighted by molar-refractivity contribution is 9.11. The number of benzene rings is 1. The van der Waals surface area contributed by atoms with Crippen molar-refractivity contribution in [2.45, 2.75) is 25.9 Å². The number of ether oxygens (including phenoxy) is 3. The van der Waals surface area contributed by atoms with E-state index >= 15 is 0 Å². The van der Waals surface area contributed by atoms with Crippen molar-refractivity contribution in [2.24, 2.45) is 0 Å². The van der Waals surface area contributed by atoms with Gasteiger partial charge in [-0.25, -0.2) is 4.79 Å². The number of hydrogen-bond acceptors (Lipinski definition) is 6. The quantitative estimate of drug-likeness (QED) is 0.517. The second kappa shape index (κ2) is 7.17. The lowest BCUT2D eigenvalue weighted by Gasteiger charge is -2.18. The number of fused-ring (bicyclic) bond motifs is 1. The molecule has 1 aliphatic rings. The van der Waals surface area contributed by atoms with Crippen molar-refractivity contribution in [3.05, 3.63) is 44.6 Å². The Hall–Kier alpha value is -1.86. The summed E-state index contributed by atoms with van der Waals surface area (Å²) in [7, 11) is 0. The molecule has 2 aromatic rings. The third kappa shape index (κ3) is 4.41. The van der Waals surface area contributed by atoms with E-state index in [1.807, 2.05) is 26.0 Å². The Morgan fingerprint density at radius 3 is 2.76 bits per heavy atom. The van der Waals surface area contributed by atoms with Gasteiger partial charge in [0.2, 0.25) is 5.78 Å². The van der Waals surface area contributed by atoms with Gasteiger partial charge in [-0.3, -0.25) is 4.79 Å². The van der Waals surface area contributed by atoms with Crippen molar-refractivity contribution in [3.8, 4) is 11.5 Å². The van der Waals surface area contributed by atoms with Crippen LogP contribution in [-0.4, -0.2) is 30.6 Å². The van der Waals surface area contributed by atoms with E-state index in [1.165, 1.54) is 11.3 Å². The number of thiophene rings is 1. The summed E-state index contributed by atoms with van der Waals surface area (Å²) in [6.45, 7) is 3.42. The van der Waals surface area contributed by atoms with Crippen molar-refractivity contribution in [2.75, 3.05) is 13.2 Å². The number of carbonyl (C=O) groups is 2. The largest absolute Gasteiger partial charge is 0.483 e. The highest BCUT2D eigenvalue weighted by Gasteiger charge is 2.32. The van der Waals surface area contributed by atoms with Gasteiger partial charge in [-0.15, -0.1) is 11.3 Å². The SMILES string of the molecule is CC1(C)Cc2cccc(OCC(=O)OCC(=O)c3ccc(Br)s3)c2O1. The number of ketones is 1. The van der Waals surface area contributed by atoms with Gasteiger partial charge in [0.05, 0.1) is 8.66 Å². The van der Waals surface area contributed by atoms with Crippen LogP contribution in [0.3, 0.4) is 0 Å². The second-order valence-corrected chi connectivity index (χ2v) is 8.72. The van der Waals surface area contributed by atoms with Crippen LogP contribution >= 0.6 is 27.3 Å². The van der Waals surface area contributed by atoms with E-state index in [-0.39, 0.29) is 24.6 Å². The summed E-state index contributed by atoms with van der Waals surface area (Å²) in [5.74, 6) is 0.335.